The Bertz CT molecular complexity index is 614. The van der Waals surface area contributed by atoms with E-state index in [1.54, 1.807) is 18.9 Å². The highest BCUT2D eigenvalue weighted by molar-refractivity contribution is 5.73. The molecular weight excluding hydrogens is 300 g/mol. The predicted molar refractivity (Wildman–Crippen MR) is 96.8 cm³/mol. The Morgan fingerprint density at radius 1 is 1.08 bits per heavy atom. The maximum Gasteiger partial charge on any atom is 0.317 e. The van der Waals surface area contributed by atoms with Crippen molar-refractivity contribution >= 4 is 6.03 Å². The molecule has 0 bridgehead atoms. The molecular formula is C20H26N2O2. The number of nitrogens with one attached hydrogen (secondary N) is 1. The summed E-state index contributed by atoms with van der Waals surface area (Å²) in [6, 6.07) is 19.8. The zero-order valence-corrected chi connectivity index (χ0v) is 14.4. The van der Waals surface area contributed by atoms with E-state index in [0.717, 1.165) is 11.1 Å². The number of amides is 2. The fourth-order valence-corrected chi connectivity index (χ4v) is 2.75. The second kappa shape index (κ2) is 9.08. The van der Waals surface area contributed by atoms with Crippen LogP contribution in [0.15, 0.2) is 60.7 Å². The van der Waals surface area contributed by atoms with Crippen LogP contribution in [0.2, 0.25) is 0 Å². The molecule has 0 aromatic heterocycles. The lowest BCUT2D eigenvalue weighted by molar-refractivity contribution is 0.171. The lowest BCUT2D eigenvalue weighted by Crippen LogP contribution is -2.39. The molecule has 0 aliphatic heterocycles. The molecule has 0 heterocycles. The van der Waals surface area contributed by atoms with Crippen LogP contribution in [0.3, 0.4) is 0 Å². The van der Waals surface area contributed by atoms with Gasteiger partial charge in [0.05, 0.1) is 6.10 Å². The summed E-state index contributed by atoms with van der Waals surface area (Å²) in [6.45, 7) is 2.85. The fraction of sp³-hybridized carbons (Fsp3) is 0.350. The van der Waals surface area contributed by atoms with E-state index in [1.807, 2.05) is 60.7 Å². The Kier molecular flexibility index (Phi) is 6.82. The highest BCUT2D eigenvalue weighted by Gasteiger charge is 2.16. The molecule has 24 heavy (non-hydrogen) atoms. The first-order valence-corrected chi connectivity index (χ1v) is 8.32. The molecule has 0 radical (unpaired) electrons. The standard InChI is InChI=1S/C20H26N2O2/c1-16(23)13-19(18-11-7-4-8-12-18)14-21-20(24)22(2)15-17-9-5-3-6-10-17/h3-12,16,19,23H,13-15H2,1-2H3,(H,21,24). The summed E-state index contributed by atoms with van der Waals surface area (Å²) in [5, 5.41) is 12.7. The second-order valence-electron chi connectivity index (χ2n) is 6.22. The van der Waals surface area contributed by atoms with Crippen LogP contribution in [0.4, 0.5) is 4.79 Å². The van der Waals surface area contributed by atoms with Crippen molar-refractivity contribution in [3.05, 3.63) is 71.8 Å². The molecule has 0 saturated heterocycles. The first-order valence-electron chi connectivity index (χ1n) is 8.32. The van der Waals surface area contributed by atoms with Crippen molar-refractivity contribution < 1.29 is 9.90 Å². The highest BCUT2D eigenvalue weighted by atomic mass is 16.3. The van der Waals surface area contributed by atoms with Crippen LogP contribution in [0.25, 0.3) is 0 Å². The molecule has 0 aliphatic rings. The Morgan fingerprint density at radius 2 is 1.67 bits per heavy atom. The summed E-state index contributed by atoms with van der Waals surface area (Å²) in [5.74, 6) is 0.0975. The highest BCUT2D eigenvalue weighted by Crippen LogP contribution is 2.20. The topological polar surface area (TPSA) is 52.6 Å². The molecule has 2 amide bonds. The van der Waals surface area contributed by atoms with Crippen molar-refractivity contribution in [2.75, 3.05) is 13.6 Å². The number of carbonyl (C=O) groups is 1. The summed E-state index contributed by atoms with van der Waals surface area (Å²) >= 11 is 0. The number of urea groups is 1. The first-order chi connectivity index (χ1) is 11.6. The van der Waals surface area contributed by atoms with E-state index >= 15 is 0 Å². The third-order valence-corrected chi connectivity index (χ3v) is 4.01. The average molecular weight is 326 g/mol. The number of rotatable bonds is 7. The van der Waals surface area contributed by atoms with Crippen LogP contribution in [0.1, 0.15) is 30.4 Å². The van der Waals surface area contributed by atoms with E-state index in [9.17, 15) is 9.90 Å². The molecule has 2 aromatic rings. The van der Waals surface area contributed by atoms with Gasteiger partial charge in [0.25, 0.3) is 0 Å². The summed E-state index contributed by atoms with van der Waals surface area (Å²) in [6.07, 6.45) is 0.210. The van der Waals surface area contributed by atoms with Gasteiger partial charge in [-0.25, -0.2) is 4.79 Å². The SMILES string of the molecule is CC(O)CC(CNC(=O)N(C)Cc1ccccc1)c1ccccc1. The van der Waals surface area contributed by atoms with E-state index in [0.29, 0.717) is 19.5 Å². The Balaban J connectivity index is 1.91. The number of nitrogens with zero attached hydrogens (tertiary/aromatic N) is 1. The van der Waals surface area contributed by atoms with Gasteiger partial charge in [0, 0.05) is 26.1 Å². The number of hydrogen-bond donors (Lipinski definition) is 2. The third kappa shape index (κ3) is 5.70. The minimum Gasteiger partial charge on any atom is -0.393 e. The number of carbonyl (C=O) groups excluding carboxylic acids is 1. The Morgan fingerprint density at radius 3 is 2.25 bits per heavy atom. The Hall–Kier alpha value is -2.33. The van der Waals surface area contributed by atoms with Gasteiger partial charge in [-0.1, -0.05) is 60.7 Å². The summed E-state index contributed by atoms with van der Waals surface area (Å²) in [4.78, 5) is 14.0. The quantitative estimate of drug-likeness (QED) is 0.819. The van der Waals surface area contributed by atoms with Crippen molar-refractivity contribution in [3.8, 4) is 0 Å². The molecule has 0 spiro atoms. The van der Waals surface area contributed by atoms with Crippen molar-refractivity contribution in [1.82, 2.24) is 10.2 Å². The maximum atomic E-state index is 12.3. The van der Waals surface area contributed by atoms with Crippen molar-refractivity contribution in [1.29, 1.82) is 0 Å². The molecule has 128 valence electrons. The molecule has 2 unspecified atom stereocenters. The average Bonchev–Trinajstić information content (AvgIpc) is 2.59. The third-order valence-electron chi connectivity index (χ3n) is 4.01. The summed E-state index contributed by atoms with van der Waals surface area (Å²) in [5.41, 5.74) is 2.23. The summed E-state index contributed by atoms with van der Waals surface area (Å²) in [7, 11) is 1.79. The second-order valence-corrected chi connectivity index (χ2v) is 6.22. The van der Waals surface area contributed by atoms with Crippen molar-refractivity contribution in [2.45, 2.75) is 31.9 Å². The van der Waals surface area contributed by atoms with Gasteiger partial charge < -0.3 is 15.3 Å². The van der Waals surface area contributed by atoms with Gasteiger partial charge in [0.15, 0.2) is 0 Å². The molecule has 4 heteroatoms. The van der Waals surface area contributed by atoms with Gasteiger partial charge in [-0.3, -0.25) is 0 Å². The lowest BCUT2D eigenvalue weighted by atomic mass is 9.93. The van der Waals surface area contributed by atoms with E-state index in [1.165, 1.54) is 0 Å². The zero-order valence-electron chi connectivity index (χ0n) is 14.4. The van der Waals surface area contributed by atoms with Crippen molar-refractivity contribution in [2.24, 2.45) is 0 Å². The zero-order chi connectivity index (χ0) is 17.4. The molecule has 2 atom stereocenters. The minimum atomic E-state index is -0.408. The molecule has 0 saturated carbocycles. The number of aliphatic hydroxyl groups is 1. The molecule has 0 fully saturated rings. The van der Waals surface area contributed by atoms with Gasteiger partial charge in [-0.15, -0.1) is 0 Å². The van der Waals surface area contributed by atoms with Gasteiger partial charge in [0.1, 0.15) is 0 Å². The van der Waals surface area contributed by atoms with Gasteiger partial charge in [-0.05, 0) is 24.5 Å². The molecule has 2 N–H and O–H groups in total. The molecule has 0 aliphatic carbocycles. The molecule has 2 rings (SSSR count). The van der Waals surface area contributed by atoms with E-state index in [4.69, 9.17) is 0 Å². The van der Waals surface area contributed by atoms with Crippen LogP contribution in [0, 0.1) is 0 Å². The van der Waals surface area contributed by atoms with Crippen LogP contribution >= 0.6 is 0 Å². The van der Waals surface area contributed by atoms with Crippen LogP contribution in [-0.2, 0) is 6.54 Å². The monoisotopic (exact) mass is 326 g/mol. The smallest absolute Gasteiger partial charge is 0.317 e. The minimum absolute atomic E-state index is 0.0975. The largest absolute Gasteiger partial charge is 0.393 e. The Labute approximate surface area is 144 Å². The van der Waals surface area contributed by atoms with Crippen LogP contribution in [0.5, 0.6) is 0 Å². The molecule has 4 nitrogen and oxygen atoms in total. The van der Waals surface area contributed by atoms with Crippen molar-refractivity contribution in [3.63, 3.8) is 0 Å². The fourth-order valence-electron chi connectivity index (χ4n) is 2.75. The van der Waals surface area contributed by atoms with Crippen LogP contribution in [-0.4, -0.2) is 35.7 Å². The lowest BCUT2D eigenvalue weighted by Gasteiger charge is -2.23. The first kappa shape index (κ1) is 18.0. The van der Waals surface area contributed by atoms with E-state index in [-0.39, 0.29) is 11.9 Å². The predicted octanol–water partition coefficient (Wildman–Crippen LogP) is 3.38. The number of aliphatic hydroxyl groups excluding tert-OH is 1. The van der Waals surface area contributed by atoms with Crippen LogP contribution < -0.4 is 5.32 Å². The van der Waals surface area contributed by atoms with E-state index in [2.05, 4.69) is 5.32 Å². The van der Waals surface area contributed by atoms with Gasteiger partial charge >= 0.3 is 6.03 Å². The summed E-state index contributed by atoms with van der Waals surface area (Å²) < 4.78 is 0. The van der Waals surface area contributed by atoms with Gasteiger partial charge in [0.2, 0.25) is 0 Å². The molecule has 2 aromatic carbocycles. The van der Waals surface area contributed by atoms with Gasteiger partial charge in [-0.2, -0.15) is 0 Å². The number of hydrogen-bond acceptors (Lipinski definition) is 2. The number of benzene rings is 2. The normalized spacial score (nSPS) is 13.1. The van der Waals surface area contributed by atoms with E-state index < -0.39 is 6.10 Å². The maximum absolute atomic E-state index is 12.3.